The maximum Gasteiger partial charge on any atom is 0.339 e. The van der Waals surface area contributed by atoms with Gasteiger partial charge in [-0.05, 0) is 69.6 Å². The maximum atomic E-state index is 12.0. The first-order valence-electron chi connectivity index (χ1n) is 11.9. The molecule has 1 unspecified atom stereocenters. The number of ether oxygens (including phenoxy) is 4. The normalized spacial score (nSPS) is 22.6. The van der Waals surface area contributed by atoms with Crippen LogP contribution >= 0.6 is 0 Å². The van der Waals surface area contributed by atoms with Crippen LogP contribution in [-0.4, -0.2) is 65.4 Å². The SMILES string of the molecule is CCc1cc(CCC[C@H]2OC(C)(C)O[C@@H]2C(O)/C=C\[C@H](C)[C@H](C)O)c(C(=O)O)c(OCOC)c1. The summed E-state index contributed by atoms with van der Waals surface area (Å²) in [4.78, 5) is 12.0. The van der Waals surface area contributed by atoms with Gasteiger partial charge in [0.25, 0.3) is 0 Å². The van der Waals surface area contributed by atoms with E-state index in [-0.39, 0.29) is 24.4 Å². The van der Waals surface area contributed by atoms with Gasteiger partial charge in [0.1, 0.15) is 23.5 Å². The van der Waals surface area contributed by atoms with E-state index in [1.54, 1.807) is 25.1 Å². The molecule has 0 radical (unpaired) electrons. The molecule has 1 aliphatic rings. The summed E-state index contributed by atoms with van der Waals surface area (Å²) in [6.07, 6.45) is 3.57. The van der Waals surface area contributed by atoms with Gasteiger partial charge in [-0.25, -0.2) is 4.79 Å². The average molecular weight is 481 g/mol. The highest BCUT2D eigenvalue weighted by molar-refractivity contribution is 5.93. The molecular formula is C26H40O8. The number of carbonyl (C=O) groups is 1. The van der Waals surface area contributed by atoms with Crippen molar-refractivity contribution >= 4 is 5.97 Å². The maximum absolute atomic E-state index is 12.0. The number of aliphatic hydroxyl groups excluding tert-OH is 2. The Morgan fingerprint density at radius 1 is 1.21 bits per heavy atom. The van der Waals surface area contributed by atoms with Crippen molar-refractivity contribution in [1.82, 2.24) is 0 Å². The zero-order chi connectivity index (χ0) is 25.5. The van der Waals surface area contributed by atoms with Gasteiger partial charge in [-0.15, -0.1) is 0 Å². The van der Waals surface area contributed by atoms with E-state index in [1.165, 1.54) is 7.11 Å². The molecule has 3 N–H and O–H groups in total. The lowest BCUT2D eigenvalue weighted by molar-refractivity contribution is -0.152. The standard InChI is InChI=1S/C26H40O8/c1-7-18-13-19(23(25(29)30)22(14-18)32-15-31-6)9-8-10-21-24(34-26(4,5)33-21)20(28)12-11-16(2)17(3)27/h11-14,16-17,20-21,24,27-28H,7-10,15H2,1-6H3,(H,29,30)/b12-11-/t16-,17-,20?,21+,24+/m0/s1. The number of aryl methyl sites for hydroxylation is 2. The Balaban J connectivity index is 2.15. The first-order chi connectivity index (χ1) is 16.0. The van der Waals surface area contributed by atoms with E-state index in [0.717, 1.165) is 12.0 Å². The van der Waals surface area contributed by atoms with Gasteiger partial charge in [0.05, 0.1) is 12.2 Å². The van der Waals surface area contributed by atoms with Crippen molar-refractivity contribution in [2.75, 3.05) is 13.9 Å². The molecule has 2 rings (SSSR count). The third-order valence-electron chi connectivity index (χ3n) is 6.06. The van der Waals surface area contributed by atoms with Gasteiger partial charge in [-0.3, -0.25) is 0 Å². The van der Waals surface area contributed by atoms with E-state index >= 15 is 0 Å². The fourth-order valence-corrected chi connectivity index (χ4v) is 4.05. The minimum atomic E-state index is -1.05. The topological polar surface area (TPSA) is 115 Å². The summed E-state index contributed by atoms with van der Waals surface area (Å²) >= 11 is 0. The number of rotatable bonds is 13. The molecule has 0 amide bonds. The lowest BCUT2D eigenvalue weighted by Gasteiger charge is -2.21. The lowest BCUT2D eigenvalue weighted by Crippen LogP contribution is -2.34. The Hall–Kier alpha value is -1.97. The largest absolute Gasteiger partial charge is 0.478 e. The Morgan fingerprint density at radius 2 is 1.91 bits per heavy atom. The predicted molar refractivity (Wildman–Crippen MR) is 128 cm³/mol. The minimum Gasteiger partial charge on any atom is -0.478 e. The fourth-order valence-electron chi connectivity index (χ4n) is 4.05. The van der Waals surface area contributed by atoms with Crippen molar-refractivity contribution in [3.8, 4) is 5.75 Å². The first kappa shape index (κ1) is 28.3. The van der Waals surface area contributed by atoms with Crippen LogP contribution < -0.4 is 4.74 Å². The number of carboxylic acid groups (broad SMARTS) is 1. The zero-order valence-electron chi connectivity index (χ0n) is 21.1. The van der Waals surface area contributed by atoms with Gasteiger partial charge in [-0.1, -0.05) is 32.1 Å². The van der Waals surface area contributed by atoms with Crippen LogP contribution in [0.4, 0.5) is 0 Å². The molecule has 1 aliphatic heterocycles. The number of carboxylic acids is 1. The van der Waals surface area contributed by atoms with Crippen molar-refractivity contribution < 1.29 is 39.1 Å². The van der Waals surface area contributed by atoms with Gasteiger partial charge in [0, 0.05) is 7.11 Å². The number of benzene rings is 1. The summed E-state index contributed by atoms with van der Waals surface area (Å²) in [5, 5.41) is 30.2. The quantitative estimate of drug-likeness (QED) is 0.289. The van der Waals surface area contributed by atoms with Crippen LogP contribution in [0.25, 0.3) is 0 Å². The molecule has 8 nitrogen and oxygen atoms in total. The molecule has 0 aromatic heterocycles. The van der Waals surface area contributed by atoms with E-state index in [1.807, 2.05) is 33.8 Å². The molecule has 0 spiro atoms. The fraction of sp³-hybridized carbons (Fsp3) is 0.654. The molecule has 34 heavy (non-hydrogen) atoms. The second-order valence-corrected chi connectivity index (χ2v) is 9.34. The van der Waals surface area contributed by atoms with E-state index in [2.05, 4.69) is 0 Å². The summed E-state index contributed by atoms with van der Waals surface area (Å²) in [6.45, 7) is 9.16. The lowest BCUT2D eigenvalue weighted by atomic mass is 9.94. The number of aliphatic hydroxyl groups is 2. The highest BCUT2D eigenvalue weighted by Gasteiger charge is 2.43. The van der Waals surface area contributed by atoms with Crippen molar-refractivity contribution in [3.05, 3.63) is 41.0 Å². The third kappa shape index (κ3) is 7.78. The Labute approximate surface area is 202 Å². The van der Waals surface area contributed by atoms with E-state index in [4.69, 9.17) is 18.9 Å². The van der Waals surface area contributed by atoms with Crippen molar-refractivity contribution in [2.45, 2.75) is 90.5 Å². The summed E-state index contributed by atoms with van der Waals surface area (Å²) in [5.74, 6) is -1.68. The second kappa shape index (κ2) is 12.7. The summed E-state index contributed by atoms with van der Waals surface area (Å²) in [6, 6.07) is 3.65. The molecule has 5 atom stereocenters. The van der Waals surface area contributed by atoms with Crippen molar-refractivity contribution in [3.63, 3.8) is 0 Å². The van der Waals surface area contributed by atoms with Crippen molar-refractivity contribution in [1.29, 1.82) is 0 Å². The molecular weight excluding hydrogens is 440 g/mol. The third-order valence-corrected chi connectivity index (χ3v) is 6.06. The molecule has 0 saturated carbocycles. The van der Waals surface area contributed by atoms with Crippen LogP contribution in [0.1, 0.15) is 68.9 Å². The summed E-state index contributed by atoms with van der Waals surface area (Å²) in [7, 11) is 1.49. The minimum absolute atomic E-state index is 0.0318. The molecule has 192 valence electrons. The second-order valence-electron chi connectivity index (χ2n) is 9.34. The van der Waals surface area contributed by atoms with Crippen LogP contribution in [0.15, 0.2) is 24.3 Å². The van der Waals surface area contributed by atoms with Gasteiger partial charge in [0.15, 0.2) is 12.6 Å². The van der Waals surface area contributed by atoms with Crippen molar-refractivity contribution in [2.24, 2.45) is 5.92 Å². The van der Waals surface area contributed by atoms with Crippen LogP contribution in [0, 0.1) is 5.92 Å². The Bertz CT molecular complexity index is 832. The summed E-state index contributed by atoms with van der Waals surface area (Å²) < 4.78 is 22.5. The highest BCUT2D eigenvalue weighted by Crippen LogP contribution is 2.34. The highest BCUT2D eigenvalue weighted by atomic mass is 16.8. The van der Waals surface area contributed by atoms with Gasteiger partial charge in [0.2, 0.25) is 0 Å². The van der Waals surface area contributed by atoms with E-state index < -0.39 is 30.1 Å². The van der Waals surface area contributed by atoms with Gasteiger partial charge < -0.3 is 34.3 Å². The zero-order valence-corrected chi connectivity index (χ0v) is 21.1. The number of hydrogen-bond acceptors (Lipinski definition) is 7. The molecule has 1 fully saturated rings. The molecule has 0 aliphatic carbocycles. The Morgan fingerprint density at radius 3 is 2.50 bits per heavy atom. The number of methoxy groups -OCH3 is 1. The monoisotopic (exact) mass is 480 g/mol. The molecule has 1 saturated heterocycles. The first-order valence-corrected chi connectivity index (χ1v) is 11.9. The van der Waals surface area contributed by atoms with E-state index in [0.29, 0.717) is 30.6 Å². The smallest absolute Gasteiger partial charge is 0.339 e. The Kier molecular flexibility index (Phi) is 10.5. The number of hydrogen-bond donors (Lipinski definition) is 3. The molecule has 0 bridgehead atoms. The van der Waals surface area contributed by atoms with Crippen LogP contribution in [0.2, 0.25) is 0 Å². The average Bonchev–Trinajstić information content (AvgIpc) is 3.09. The van der Waals surface area contributed by atoms with Crippen LogP contribution in [-0.2, 0) is 27.1 Å². The molecule has 8 heteroatoms. The predicted octanol–water partition coefficient (Wildman–Crippen LogP) is 3.71. The molecule has 1 aromatic rings. The van der Waals surface area contributed by atoms with Crippen LogP contribution in [0.3, 0.4) is 0 Å². The van der Waals surface area contributed by atoms with Gasteiger partial charge in [-0.2, -0.15) is 0 Å². The van der Waals surface area contributed by atoms with Crippen LogP contribution in [0.5, 0.6) is 5.75 Å². The van der Waals surface area contributed by atoms with Gasteiger partial charge >= 0.3 is 5.97 Å². The number of aromatic carboxylic acids is 1. The molecule has 1 aromatic carbocycles. The molecule has 1 heterocycles. The van der Waals surface area contributed by atoms with E-state index in [9.17, 15) is 20.1 Å². The summed E-state index contributed by atoms with van der Waals surface area (Å²) in [5.41, 5.74) is 1.82.